The predicted octanol–water partition coefficient (Wildman–Crippen LogP) is 3.19. The summed E-state index contributed by atoms with van der Waals surface area (Å²) in [7, 11) is 0. The maximum Gasteiger partial charge on any atom is 0.329 e. The van der Waals surface area contributed by atoms with E-state index in [1.54, 1.807) is 0 Å². The Morgan fingerprint density at radius 2 is 1.74 bits per heavy atom. The minimum Gasteiger partial charge on any atom is -0.480 e. The quantitative estimate of drug-likeness (QED) is 0.893. The van der Waals surface area contributed by atoms with Gasteiger partial charge >= 0.3 is 5.97 Å². The summed E-state index contributed by atoms with van der Waals surface area (Å²) in [5.41, 5.74) is 3.04. The predicted molar refractivity (Wildman–Crippen MR) is 73.1 cm³/mol. The van der Waals surface area contributed by atoms with E-state index < -0.39 is 5.97 Å². The van der Waals surface area contributed by atoms with E-state index in [1.165, 1.54) is 0 Å². The Morgan fingerprint density at radius 3 is 2.37 bits per heavy atom. The van der Waals surface area contributed by atoms with Crippen molar-refractivity contribution in [3.63, 3.8) is 0 Å². The van der Waals surface area contributed by atoms with Crippen molar-refractivity contribution in [1.29, 1.82) is 0 Å². The van der Waals surface area contributed by atoms with Crippen LogP contribution in [-0.4, -0.2) is 17.7 Å². The van der Waals surface area contributed by atoms with Crippen LogP contribution in [0.3, 0.4) is 0 Å². The lowest BCUT2D eigenvalue weighted by molar-refractivity contribution is -0.143. The molecule has 1 unspecified atom stereocenters. The molecule has 1 atom stereocenters. The van der Waals surface area contributed by atoms with E-state index in [9.17, 15) is 4.79 Å². The van der Waals surface area contributed by atoms with E-state index in [0.717, 1.165) is 16.7 Å². The highest BCUT2D eigenvalue weighted by Crippen LogP contribution is 2.28. The zero-order valence-corrected chi connectivity index (χ0v) is 10.7. The monoisotopic (exact) mass is 256 g/mol. The first-order chi connectivity index (χ1) is 9.18. The molecule has 0 fully saturated rings. The topological polar surface area (TPSA) is 46.5 Å². The first-order valence-corrected chi connectivity index (χ1v) is 6.12. The van der Waals surface area contributed by atoms with Gasteiger partial charge < -0.3 is 9.84 Å². The van der Waals surface area contributed by atoms with E-state index in [2.05, 4.69) is 0 Å². The molecular weight excluding hydrogens is 240 g/mol. The number of carboxylic acids is 1. The fourth-order valence-electron chi connectivity index (χ4n) is 2.03. The molecular formula is C16H16O3. The van der Waals surface area contributed by atoms with Gasteiger partial charge in [-0.1, -0.05) is 54.6 Å². The Bertz CT molecular complexity index is 549. The minimum absolute atomic E-state index is 0.312. The first-order valence-electron chi connectivity index (χ1n) is 6.12. The Labute approximate surface area is 112 Å². The van der Waals surface area contributed by atoms with E-state index in [0.29, 0.717) is 0 Å². The van der Waals surface area contributed by atoms with Gasteiger partial charge in [0.1, 0.15) is 12.7 Å². The highest BCUT2D eigenvalue weighted by molar-refractivity contribution is 5.68. The Morgan fingerprint density at radius 1 is 1.11 bits per heavy atom. The number of hydrogen-bond donors (Lipinski definition) is 1. The molecule has 0 aliphatic heterocycles. The summed E-state index contributed by atoms with van der Waals surface area (Å²) in [4.78, 5) is 10.7. The highest BCUT2D eigenvalue weighted by Gasteiger charge is 2.17. The number of aliphatic carboxylic acids is 1. The molecule has 0 amide bonds. The first kappa shape index (κ1) is 13.3. The van der Waals surface area contributed by atoms with Crippen LogP contribution in [0.5, 0.6) is 0 Å². The van der Waals surface area contributed by atoms with Gasteiger partial charge in [0.25, 0.3) is 0 Å². The van der Waals surface area contributed by atoms with Crippen LogP contribution < -0.4 is 0 Å². The lowest BCUT2D eigenvalue weighted by Crippen LogP contribution is -2.14. The summed E-state index contributed by atoms with van der Waals surface area (Å²) in [5, 5.41) is 8.80. The maximum atomic E-state index is 10.7. The number of rotatable bonds is 5. The molecule has 2 aromatic rings. The second kappa shape index (κ2) is 6.16. The average molecular weight is 256 g/mol. The molecule has 2 aromatic carbocycles. The van der Waals surface area contributed by atoms with Crippen molar-refractivity contribution in [3.05, 3.63) is 71.3 Å². The van der Waals surface area contributed by atoms with Gasteiger partial charge in [0, 0.05) is 0 Å². The second-order valence-electron chi connectivity index (χ2n) is 4.35. The summed E-state index contributed by atoms with van der Waals surface area (Å²) in [5.74, 6) is -0.963. The van der Waals surface area contributed by atoms with Crippen LogP contribution in [0, 0.1) is 6.92 Å². The van der Waals surface area contributed by atoms with E-state index in [4.69, 9.17) is 9.84 Å². The number of carboxylic acid groups (broad SMARTS) is 1. The van der Waals surface area contributed by atoms with Crippen molar-refractivity contribution in [2.24, 2.45) is 0 Å². The van der Waals surface area contributed by atoms with Crippen molar-refractivity contribution in [3.8, 4) is 0 Å². The van der Waals surface area contributed by atoms with Gasteiger partial charge in [-0.3, -0.25) is 0 Å². The molecule has 0 heterocycles. The van der Waals surface area contributed by atoms with E-state index >= 15 is 0 Å². The molecule has 0 saturated heterocycles. The molecule has 1 N–H and O–H groups in total. The number of hydrogen-bond acceptors (Lipinski definition) is 2. The van der Waals surface area contributed by atoms with E-state index in [1.807, 2.05) is 61.5 Å². The lowest BCUT2D eigenvalue weighted by atomic mass is 9.97. The van der Waals surface area contributed by atoms with Gasteiger partial charge in [-0.2, -0.15) is 0 Å². The smallest absolute Gasteiger partial charge is 0.329 e. The van der Waals surface area contributed by atoms with Crippen molar-refractivity contribution in [2.75, 3.05) is 6.61 Å². The van der Waals surface area contributed by atoms with Crippen LogP contribution in [0.25, 0.3) is 0 Å². The van der Waals surface area contributed by atoms with Crippen LogP contribution in [0.2, 0.25) is 0 Å². The van der Waals surface area contributed by atoms with Gasteiger partial charge in [-0.25, -0.2) is 4.79 Å². The van der Waals surface area contributed by atoms with Crippen molar-refractivity contribution in [1.82, 2.24) is 0 Å². The van der Waals surface area contributed by atoms with Gasteiger partial charge in [-0.05, 0) is 23.6 Å². The van der Waals surface area contributed by atoms with Crippen LogP contribution in [-0.2, 0) is 9.53 Å². The third-order valence-corrected chi connectivity index (χ3v) is 2.95. The summed E-state index contributed by atoms with van der Waals surface area (Å²) in [6.07, 6.45) is -0.349. The number of ether oxygens (including phenoxy) is 1. The Balaban J connectivity index is 2.35. The molecule has 19 heavy (non-hydrogen) atoms. The van der Waals surface area contributed by atoms with Crippen molar-refractivity contribution >= 4 is 5.97 Å². The van der Waals surface area contributed by atoms with Crippen molar-refractivity contribution < 1.29 is 14.6 Å². The molecule has 0 aliphatic rings. The van der Waals surface area contributed by atoms with Gasteiger partial charge in [-0.15, -0.1) is 0 Å². The number of carbonyl (C=O) groups is 1. The summed E-state index contributed by atoms with van der Waals surface area (Å²) < 4.78 is 5.56. The van der Waals surface area contributed by atoms with E-state index in [-0.39, 0.29) is 12.7 Å². The zero-order valence-electron chi connectivity index (χ0n) is 10.7. The van der Waals surface area contributed by atoms with Gasteiger partial charge in [0.2, 0.25) is 0 Å². The highest BCUT2D eigenvalue weighted by atomic mass is 16.5. The summed E-state index contributed by atoms with van der Waals surface area (Å²) in [6.45, 7) is 1.68. The third-order valence-electron chi connectivity index (χ3n) is 2.95. The lowest BCUT2D eigenvalue weighted by Gasteiger charge is -2.19. The van der Waals surface area contributed by atoms with Crippen molar-refractivity contribution in [2.45, 2.75) is 13.0 Å². The third kappa shape index (κ3) is 3.42. The molecule has 0 aliphatic carbocycles. The molecule has 3 nitrogen and oxygen atoms in total. The normalized spacial score (nSPS) is 12.1. The number of aryl methyl sites for hydroxylation is 1. The second-order valence-corrected chi connectivity index (χ2v) is 4.35. The van der Waals surface area contributed by atoms with Crippen LogP contribution >= 0.6 is 0 Å². The van der Waals surface area contributed by atoms with Gasteiger partial charge in [0.15, 0.2) is 0 Å². The molecule has 0 radical (unpaired) electrons. The Hall–Kier alpha value is -2.13. The van der Waals surface area contributed by atoms with Crippen LogP contribution in [0.1, 0.15) is 22.8 Å². The SMILES string of the molecule is Cc1ccccc1C(OCC(=O)O)c1ccccc1. The summed E-state index contributed by atoms with van der Waals surface area (Å²) in [6, 6.07) is 17.5. The molecule has 0 spiro atoms. The Kier molecular flexibility index (Phi) is 4.31. The zero-order chi connectivity index (χ0) is 13.7. The molecule has 98 valence electrons. The molecule has 2 rings (SSSR count). The van der Waals surface area contributed by atoms with Crippen LogP contribution in [0.15, 0.2) is 54.6 Å². The average Bonchev–Trinajstić information content (AvgIpc) is 2.42. The largest absolute Gasteiger partial charge is 0.480 e. The number of benzene rings is 2. The standard InChI is InChI=1S/C16H16O3/c1-12-7-5-6-10-14(12)16(19-11-15(17)18)13-8-3-2-4-9-13/h2-10,16H,11H2,1H3,(H,17,18). The summed E-state index contributed by atoms with van der Waals surface area (Å²) >= 11 is 0. The fourth-order valence-corrected chi connectivity index (χ4v) is 2.03. The van der Waals surface area contributed by atoms with Gasteiger partial charge in [0.05, 0.1) is 0 Å². The maximum absolute atomic E-state index is 10.7. The molecule has 0 bridgehead atoms. The minimum atomic E-state index is -0.963. The molecule has 0 saturated carbocycles. The fraction of sp³-hybridized carbons (Fsp3) is 0.188. The van der Waals surface area contributed by atoms with Crippen LogP contribution in [0.4, 0.5) is 0 Å². The molecule has 3 heteroatoms. The molecule has 0 aromatic heterocycles.